The van der Waals surface area contributed by atoms with E-state index in [0.717, 1.165) is 0 Å². The molecule has 4 N–H and O–H groups in total. The van der Waals surface area contributed by atoms with Crippen LogP contribution in [0.4, 0.5) is 9.18 Å². The summed E-state index contributed by atoms with van der Waals surface area (Å²) >= 11 is 0. The van der Waals surface area contributed by atoms with E-state index in [1.807, 2.05) is 5.32 Å². The summed E-state index contributed by atoms with van der Waals surface area (Å²) in [5.74, 6) is 0. The van der Waals surface area contributed by atoms with Gasteiger partial charge >= 0.3 is 6.09 Å². The Morgan fingerprint density at radius 1 is 1.73 bits per heavy atom. The average Bonchev–Trinajstić information content (AvgIpc) is 1.90. The first-order valence-electron chi connectivity index (χ1n) is 2.65. The second-order valence-electron chi connectivity index (χ2n) is 1.63. The lowest BCUT2D eigenvalue weighted by molar-refractivity contribution is 0.195. The minimum Gasteiger partial charge on any atom is -0.465 e. The van der Waals surface area contributed by atoms with Crippen LogP contribution < -0.4 is 11.1 Å². The second-order valence-corrected chi connectivity index (χ2v) is 1.63. The van der Waals surface area contributed by atoms with Gasteiger partial charge in [-0.1, -0.05) is 0 Å². The highest BCUT2D eigenvalue weighted by molar-refractivity contribution is 5.85. The molecular weight excluding hydrogens is 175 g/mol. The maximum Gasteiger partial charge on any atom is 0.404 e. The van der Waals surface area contributed by atoms with E-state index in [1.165, 1.54) is 0 Å². The van der Waals surface area contributed by atoms with Gasteiger partial charge in [-0.15, -0.1) is 12.4 Å². The van der Waals surface area contributed by atoms with Gasteiger partial charge in [-0.25, -0.2) is 9.18 Å². The van der Waals surface area contributed by atoms with Crippen molar-refractivity contribution in [2.45, 2.75) is 0 Å². The molecule has 0 saturated heterocycles. The first kappa shape index (κ1) is 12.8. The summed E-state index contributed by atoms with van der Waals surface area (Å²) in [6.07, 6.45) is -0.886. The molecule has 0 aliphatic rings. The van der Waals surface area contributed by atoms with E-state index in [-0.39, 0.29) is 31.1 Å². The Kier molecular flexibility index (Phi) is 8.51. The molecule has 0 aromatic rings. The van der Waals surface area contributed by atoms with E-state index in [4.69, 9.17) is 10.8 Å². The molecule has 1 amide bonds. The van der Waals surface area contributed by atoms with Gasteiger partial charge in [0.15, 0.2) is 0 Å². The van der Waals surface area contributed by atoms with E-state index in [1.54, 1.807) is 0 Å². The molecule has 0 aliphatic carbocycles. The van der Waals surface area contributed by atoms with Crippen LogP contribution in [0.5, 0.6) is 0 Å². The minimum atomic E-state index is -1.19. The number of hydrogen-bond donors (Lipinski definition) is 3. The van der Waals surface area contributed by atoms with Crippen LogP contribution in [0.15, 0.2) is 11.9 Å². The highest BCUT2D eigenvalue weighted by Crippen LogP contribution is 1.88. The van der Waals surface area contributed by atoms with Gasteiger partial charge in [0.1, 0.15) is 0 Å². The molecule has 0 unspecified atom stereocenters. The van der Waals surface area contributed by atoms with Crippen LogP contribution >= 0.6 is 12.4 Å². The Balaban J connectivity index is 0. The van der Waals surface area contributed by atoms with E-state index in [9.17, 15) is 9.18 Å². The molecule has 0 radical (unpaired) electrons. The van der Waals surface area contributed by atoms with Crippen molar-refractivity contribution in [3.8, 4) is 0 Å². The number of carbonyl (C=O) groups is 1. The van der Waals surface area contributed by atoms with Crippen molar-refractivity contribution in [1.82, 2.24) is 5.32 Å². The molecule has 0 fully saturated rings. The standard InChI is InChI=1S/C5H9FN2O2.ClH/c6-1-4(2-7)3-8-5(9)10;/h1,8H,2-3,7H2,(H,9,10);1H/b4-1+;. The van der Waals surface area contributed by atoms with Gasteiger partial charge in [0.25, 0.3) is 0 Å². The van der Waals surface area contributed by atoms with Crippen LogP contribution in [0, 0.1) is 0 Å². The number of nitrogens with one attached hydrogen (secondary N) is 1. The first-order chi connectivity index (χ1) is 4.70. The highest BCUT2D eigenvalue weighted by atomic mass is 35.5. The lowest BCUT2D eigenvalue weighted by Gasteiger charge is -2.00. The van der Waals surface area contributed by atoms with E-state index in [2.05, 4.69) is 0 Å². The van der Waals surface area contributed by atoms with Crippen molar-refractivity contribution in [1.29, 1.82) is 0 Å². The zero-order valence-electron chi connectivity index (χ0n) is 5.71. The van der Waals surface area contributed by atoms with E-state index in [0.29, 0.717) is 6.33 Å². The molecule has 0 atom stereocenters. The van der Waals surface area contributed by atoms with Gasteiger partial charge in [-0.2, -0.15) is 0 Å². The Bertz CT molecular complexity index is 151. The Hall–Kier alpha value is -0.810. The third-order valence-corrected chi connectivity index (χ3v) is 0.883. The fraction of sp³-hybridized carbons (Fsp3) is 0.400. The Morgan fingerprint density at radius 2 is 2.27 bits per heavy atom. The molecule has 6 heteroatoms. The van der Waals surface area contributed by atoms with Gasteiger partial charge in [-0.3, -0.25) is 0 Å². The number of nitrogens with two attached hydrogens (primary N) is 1. The summed E-state index contributed by atoms with van der Waals surface area (Å²) in [7, 11) is 0. The molecule has 0 heterocycles. The molecule has 4 nitrogen and oxygen atoms in total. The minimum absolute atomic E-state index is 0. The first-order valence-corrected chi connectivity index (χ1v) is 2.65. The van der Waals surface area contributed by atoms with Crippen LogP contribution in [0.25, 0.3) is 0 Å². The van der Waals surface area contributed by atoms with Crippen molar-refractivity contribution in [2.75, 3.05) is 13.1 Å². The van der Waals surface area contributed by atoms with Crippen molar-refractivity contribution in [3.05, 3.63) is 11.9 Å². The lowest BCUT2D eigenvalue weighted by Crippen LogP contribution is -2.25. The summed E-state index contributed by atoms with van der Waals surface area (Å²) in [5.41, 5.74) is 5.25. The predicted octanol–water partition coefficient (Wildman–Crippen LogP) is 0.488. The molecule has 0 aromatic heterocycles. The van der Waals surface area contributed by atoms with Crippen molar-refractivity contribution in [2.24, 2.45) is 5.73 Å². The summed E-state index contributed by atoms with van der Waals surface area (Å²) in [5, 5.41) is 10.0. The molecule has 0 aliphatic heterocycles. The number of carboxylic acid groups (broad SMARTS) is 1. The van der Waals surface area contributed by atoms with E-state index >= 15 is 0 Å². The summed E-state index contributed by atoms with van der Waals surface area (Å²) in [4.78, 5) is 9.83. The quantitative estimate of drug-likeness (QED) is 0.598. The molecule has 0 rings (SSSR count). The van der Waals surface area contributed by atoms with Gasteiger partial charge in [-0.05, 0) is 5.57 Å². The van der Waals surface area contributed by atoms with Crippen molar-refractivity contribution in [3.63, 3.8) is 0 Å². The monoisotopic (exact) mass is 184 g/mol. The third-order valence-electron chi connectivity index (χ3n) is 0.883. The van der Waals surface area contributed by atoms with Crippen molar-refractivity contribution < 1.29 is 14.3 Å². The van der Waals surface area contributed by atoms with Gasteiger partial charge in [0.05, 0.1) is 6.33 Å². The van der Waals surface area contributed by atoms with Crippen LogP contribution in [-0.2, 0) is 0 Å². The Morgan fingerprint density at radius 3 is 2.55 bits per heavy atom. The molecule has 0 bridgehead atoms. The van der Waals surface area contributed by atoms with E-state index < -0.39 is 6.09 Å². The summed E-state index contributed by atoms with van der Waals surface area (Å²) in [6, 6.07) is 0. The molecular formula is C5H10ClFN2O2. The molecule has 66 valence electrons. The number of hydrogen-bond acceptors (Lipinski definition) is 2. The van der Waals surface area contributed by atoms with Crippen LogP contribution in [0.1, 0.15) is 0 Å². The molecule has 11 heavy (non-hydrogen) atoms. The second kappa shape index (κ2) is 7.30. The predicted molar refractivity (Wildman–Crippen MR) is 41.5 cm³/mol. The lowest BCUT2D eigenvalue weighted by atomic mass is 10.3. The van der Waals surface area contributed by atoms with Gasteiger partial charge in [0, 0.05) is 13.1 Å². The topological polar surface area (TPSA) is 75.3 Å². The fourth-order valence-electron chi connectivity index (χ4n) is 0.344. The smallest absolute Gasteiger partial charge is 0.404 e. The van der Waals surface area contributed by atoms with Crippen LogP contribution in [0.2, 0.25) is 0 Å². The summed E-state index contributed by atoms with van der Waals surface area (Å²) < 4.78 is 11.6. The fourth-order valence-corrected chi connectivity index (χ4v) is 0.344. The summed E-state index contributed by atoms with van der Waals surface area (Å²) in [6.45, 7) is -0.0287. The highest BCUT2D eigenvalue weighted by Gasteiger charge is 1.96. The largest absolute Gasteiger partial charge is 0.465 e. The SMILES string of the molecule is Cl.NC/C(=C\F)CNC(=O)O. The van der Waals surface area contributed by atoms with Gasteiger partial charge < -0.3 is 16.2 Å². The number of amides is 1. The zero-order valence-corrected chi connectivity index (χ0v) is 6.53. The zero-order chi connectivity index (χ0) is 7.98. The molecule has 0 aromatic carbocycles. The number of rotatable bonds is 3. The molecule has 0 saturated carbocycles. The van der Waals surface area contributed by atoms with Gasteiger partial charge in [0.2, 0.25) is 0 Å². The maximum atomic E-state index is 11.6. The third kappa shape index (κ3) is 7.08. The molecule has 0 spiro atoms. The van der Waals surface area contributed by atoms with Crippen LogP contribution in [-0.4, -0.2) is 24.3 Å². The van der Waals surface area contributed by atoms with Crippen LogP contribution in [0.3, 0.4) is 0 Å². The maximum absolute atomic E-state index is 11.6. The normalized spacial score (nSPS) is 10.2. The Labute approximate surface area is 69.7 Å². The average molecular weight is 185 g/mol. The van der Waals surface area contributed by atoms with Crippen molar-refractivity contribution >= 4 is 18.5 Å². The number of halogens is 2.